The first kappa shape index (κ1) is 14.7. The van der Waals surface area contributed by atoms with Gasteiger partial charge in [-0.1, -0.05) is 7.43 Å². The predicted octanol–water partition coefficient (Wildman–Crippen LogP) is 2.27. The second-order valence-corrected chi connectivity index (χ2v) is 6.86. The summed E-state index contributed by atoms with van der Waals surface area (Å²) in [5, 5.41) is 9.55. The second-order valence-electron chi connectivity index (χ2n) is 5.71. The SMILES string of the molecule is C.C[C@H]1OC(=O)[C@@H]2C[C@@H]3CSCCC3[C@H](C(=O)O)[C@H]12. The van der Waals surface area contributed by atoms with Gasteiger partial charge in [0.15, 0.2) is 0 Å². The Bertz CT molecular complexity index is 384. The molecule has 0 amide bonds. The highest BCUT2D eigenvalue weighted by Gasteiger charge is 2.57. The first-order valence-electron chi connectivity index (χ1n) is 6.60. The highest BCUT2D eigenvalue weighted by atomic mass is 32.2. The topological polar surface area (TPSA) is 63.6 Å². The zero-order chi connectivity index (χ0) is 12.9. The molecule has 0 bridgehead atoms. The van der Waals surface area contributed by atoms with Gasteiger partial charge in [0.2, 0.25) is 0 Å². The van der Waals surface area contributed by atoms with Crippen LogP contribution in [0.5, 0.6) is 0 Å². The molecule has 5 heteroatoms. The van der Waals surface area contributed by atoms with E-state index in [1.54, 1.807) is 0 Å². The summed E-state index contributed by atoms with van der Waals surface area (Å²) in [6.07, 6.45) is 1.56. The Balaban J connectivity index is 0.00000133. The summed E-state index contributed by atoms with van der Waals surface area (Å²) < 4.78 is 5.29. The number of aliphatic carboxylic acids is 1. The molecular formula is C14H22O4S. The summed E-state index contributed by atoms with van der Waals surface area (Å²) in [6.45, 7) is 1.84. The minimum absolute atomic E-state index is 0. The largest absolute Gasteiger partial charge is 0.481 e. The molecule has 6 atom stereocenters. The Kier molecular flexibility index (Phi) is 4.14. The second kappa shape index (κ2) is 5.35. The number of thioether (sulfide) groups is 1. The van der Waals surface area contributed by atoms with Crippen LogP contribution in [0.15, 0.2) is 0 Å². The molecular weight excluding hydrogens is 264 g/mol. The van der Waals surface area contributed by atoms with Crippen LogP contribution in [-0.4, -0.2) is 34.7 Å². The average molecular weight is 286 g/mol. The summed E-state index contributed by atoms with van der Waals surface area (Å²) in [5.41, 5.74) is 0. The zero-order valence-electron chi connectivity index (χ0n) is 10.4. The fraction of sp³-hybridized carbons (Fsp3) is 0.857. The van der Waals surface area contributed by atoms with E-state index >= 15 is 0 Å². The number of hydrogen-bond acceptors (Lipinski definition) is 4. The Labute approximate surface area is 118 Å². The van der Waals surface area contributed by atoms with Crippen molar-refractivity contribution < 1.29 is 19.4 Å². The van der Waals surface area contributed by atoms with Gasteiger partial charge in [0.1, 0.15) is 6.10 Å². The van der Waals surface area contributed by atoms with Crippen molar-refractivity contribution in [3.05, 3.63) is 0 Å². The molecule has 0 aromatic carbocycles. The van der Waals surface area contributed by atoms with Gasteiger partial charge in [-0.25, -0.2) is 0 Å². The molecule has 0 aromatic rings. The molecule has 3 fully saturated rings. The smallest absolute Gasteiger partial charge is 0.309 e. The van der Waals surface area contributed by atoms with Crippen molar-refractivity contribution in [2.24, 2.45) is 29.6 Å². The maximum absolute atomic E-state index is 11.8. The minimum Gasteiger partial charge on any atom is -0.481 e. The first-order valence-corrected chi connectivity index (χ1v) is 7.76. The molecule has 3 aliphatic rings. The van der Waals surface area contributed by atoms with Gasteiger partial charge in [0, 0.05) is 5.92 Å². The number of rotatable bonds is 1. The first-order chi connectivity index (χ1) is 8.59. The van der Waals surface area contributed by atoms with Gasteiger partial charge in [0.25, 0.3) is 0 Å². The van der Waals surface area contributed by atoms with Crippen molar-refractivity contribution in [1.29, 1.82) is 0 Å². The Hall–Kier alpha value is -0.710. The highest BCUT2D eigenvalue weighted by Crippen LogP contribution is 2.52. The van der Waals surface area contributed by atoms with Crippen molar-refractivity contribution in [2.45, 2.75) is 33.3 Å². The average Bonchev–Trinajstić information content (AvgIpc) is 2.62. The van der Waals surface area contributed by atoms with Crippen molar-refractivity contribution in [1.82, 2.24) is 0 Å². The normalized spacial score (nSPS) is 44.6. The lowest BCUT2D eigenvalue weighted by atomic mass is 9.61. The van der Waals surface area contributed by atoms with Crippen LogP contribution in [0.1, 0.15) is 27.2 Å². The fourth-order valence-corrected chi connectivity index (χ4v) is 5.41. The van der Waals surface area contributed by atoms with Crippen molar-refractivity contribution >= 4 is 23.7 Å². The number of carboxylic acid groups (broad SMARTS) is 1. The fourth-order valence-electron chi connectivity index (χ4n) is 4.12. The standard InChI is InChI=1S/C13H18O4S.CH4/c1-6-10-9(13(16)17-6)4-7-5-18-3-2-8(7)11(10)12(14)15;/h6-11H,2-5H2,1H3,(H,14,15);1H4/t6-,7-,8?,9-,10-,11+;/m1./s1. The van der Waals surface area contributed by atoms with E-state index in [0.717, 1.165) is 24.3 Å². The molecule has 1 aliphatic carbocycles. The van der Waals surface area contributed by atoms with Gasteiger partial charge < -0.3 is 9.84 Å². The summed E-state index contributed by atoms with van der Waals surface area (Å²) in [4.78, 5) is 23.5. The maximum atomic E-state index is 11.8. The van der Waals surface area contributed by atoms with Crippen molar-refractivity contribution in [3.8, 4) is 0 Å². The van der Waals surface area contributed by atoms with Crippen LogP contribution in [0.3, 0.4) is 0 Å². The number of carbonyl (C=O) groups is 2. The lowest BCUT2D eigenvalue weighted by Gasteiger charge is -2.44. The summed E-state index contributed by atoms with van der Waals surface area (Å²) in [7, 11) is 0. The molecule has 19 heavy (non-hydrogen) atoms. The number of carboxylic acids is 1. The third-order valence-electron chi connectivity index (χ3n) is 4.86. The molecule has 0 spiro atoms. The predicted molar refractivity (Wildman–Crippen MR) is 73.9 cm³/mol. The number of fused-ring (bicyclic) bond motifs is 2. The van der Waals surface area contributed by atoms with Crippen molar-refractivity contribution in [2.75, 3.05) is 11.5 Å². The summed E-state index contributed by atoms with van der Waals surface area (Å²) in [6, 6.07) is 0. The van der Waals surface area contributed by atoms with E-state index in [9.17, 15) is 14.7 Å². The van der Waals surface area contributed by atoms with Crippen molar-refractivity contribution in [3.63, 3.8) is 0 Å². The van der Waals surface area contributed by atoms with E-state index < -0.39 is 11.9 Å². The molecule has 2 saturated heterocycles. The van der Waals surface area contributed by atoms with Gasteiger partial charge in [-0.15, -0.1) is 0 Å². The lowest BCUT2D eigenvalue weighted by Crippen LogP contribution is -2.48. The molecule has 4 nitrogen and oxygen atoms in total. The number of ether oxygens (including phenoxy) is 1. The maximum Gasteiger partial charge on any atom is 0.309 e. The monoisotopic (exact) mass is 286 g/mol. The molecule has 1 unspecified atom stereocenters. The minimum atomic E-state index is -0.739. The molecule has 1 saturated carbocycles. The third kappa shape index (κ3) is 2.26. The number of carbonyl (C=O) groups excluding carboxylic acids is 1. The van der Waals surface area contributed by atoms with Crippen LogP contribution in [0.2, 0.25) is 0 Å². The number of hydrogen-bond donors (Lipinski definition) is 1. The quantitative estimate of drug-likeness (QED) is 0.749. The number of cyclic esters (lactones) is 1. The molecule has 3 rings (SSSR count). The van der Waals surface area contributed by atoms with Gasteiger partial charge >= 0.3 is 11.9 Å². The van der Waals surface area contributed by atoms with Gasteiger partial charge in [-0.05, 0) is 43.1 Å². The zero-order valence-corrected chi connectivity index (χ0v) is 11.2. The molecule has 1 N–H and O–H groups in total. The van der Waals surface area contributed by atoms with Crippen LogP contribution in [-0.2, 0) is 14.3 Å². The van der Waals surface area contributed by atoms with Crippen LogP contribution in [0.4, 0.5) is 0 Å². The van der Waals surface area contributed by atoms with E-state index in [1.807, 2.05) is 18.7 Å². The third-order valence-corrected chi connectivity index (χ3v) is 6.05. The van der Waals surface area contributed by atoms with Crippen LogP contribution in [0.25, 0.3) is 0 Å². The van der Waals surface area contributed by atoms with E-state index in [2.05, 4.69) is 0 Å². The Morgan fingerprint density at radius 1 is 1.47 bits per heavy atom. The van der Waals surface area contributed by atoms with Gasteiger partial charge in [-0.2, -0.15) is 11.8 Å². The van der Waals surface area contributed by atoms with Gasteiger partial charge in [0.05, 0.1) is 11.8 Å². The Morgan fingerprint density at radius 3 is 2.89 bits per heavy atom. The molecule has 2 aliphatic heterocycles. The van der Waals surface area contributed by atoms with Gasteiger partial charge in [-0.3, -0.25) is 9.59 Å². The van der Waals surface area contributed by atoms with E-state index in [4.69, 9.17) is 4.74 Å². The van der Waals surface area contributed by atoms with E-state index in [0.29, 0.717) is 5.92 Å². The van der Waals surface area contributed by atoms with E-state index in [-0.39, 0.29) is 37.3 Å². The summed E-state index contributed by atoms with van der Waals surface area (Å²) in [5.74, 6) is 1.07. The molecule has 2 heterocycles. The Morgan fingerprint density at radius 2 is 2.21 bits per heavy atom. The van der Waals surface area contributed by atoms with E-state index in [1.165, 1.54) is 0 Å². The molecule has 0 radical (unpaired) electrons. The van der Waals surface area contributed by atoms with Crippen LogP contribution < -0.4 is 0 Å². The molecule has 0 aromatic heterocycles. The van der Waals surface area contributed by atoms with Crippen LogP contribution >= 0.6 is 11.8 Å². The number of esters is 1. The molecule has 108 valence electrons. The van der Waals surface area contributed by atoms with Crippen LogP contribution in [0, 0.1) is 29.6 Å². The summed E-state index contributed by atoms with van der Waals surface area (Å²) >= 11 is 1.89. The lowest BCUT2D eigenvalue weighted by molar-refractivity contribution is -0.151. The highest BCUT2D eigenvalue weighted by molar-refractivity contribution is 7.99.